The van der Waals surface area contributed by atoms with Crippen molar-refractivity contribution in [3.05, 3.63) is 16.3 Å². The molecule has 0 atom stereocenters. The first-order valence-electron chi connectivity index (χ1n) is 2.80. The highest BCUT2D eigenvalue weighted by atomic mass is 32.1. The predicted molar refractivity (Wildman–Crippen MR) is 42.3 cm³/mol. The van der Waals surface area contributed by atoms with Crippen LogP contribution in [0.5, 0.6) is 0 Å². The molecule has 2 amide bonds. The van der Waals surface area contributed by atoms with Crippen LogP contribution >= 0.6 is 11.3 Å². The fraction of sp³-hybridized carbons (Fsp3) is 0.167. The first-order chi connectivity index (χ1) is 4.70. The van der Waals surface area contributed by atoms with Crippen LogP contribution < -0.4 is 11.1 Å². The van der Waals surface area contributed by atoms with Crippen molar-refractivity contribution >= 4 is 23.1 Å². The second kappa shape index (κ2) is 2.70. The van der Waals surface area contributed by atoms with Gasteiger partial charge in [-0.3, -0.25) is 0 Å². The van der Waals surface area contributed by atoms with Crippen molar-refractivity contribution in [3.8, 4) is 0 Å². The molecule has 0 unspecified atom stereocenters. The monoisotopic (exact) mass is 156 g/mol. The Kier molecular flexibility index (Phi) is 1.91. The number of urea groups is 1. The van der Waals surface area contributed by atoms with E-state index >= 15 is 0 Å². The van der Waals surface area contributed by atoms with Crippen molar-refractivity contribution in [2.24, 2.45) is 5.73 Å². The Morgan fingerprint density at radius 1 is 1.80 bits per heavy atom. The summed E-state index contributed by atoms with van der Waals surface area (Å²) in [5.74, 6) is 0. The third-order valence-electron chi connectivity index (χ3n) is 1.12. The summed E-state index contributed by atoms with van der Waals surface area (Å²) in [5, 5.41) is 4.41. The fourth-order valence-electron chi connectivity index (χ4n) is 0.647. The van der Waals surface area contributed by atoms with E-state index < -0.39 is 6.03 Å². The third-order valence-corrected chi connectivity index (χ3v) is 1.96. The molecule has 1 aromatic heterocycles. The summed E-state index contributed by atoms with van der Waals surface area (Å²) >= 11 is 1.58. The molecule has 1 aromatic rings. The summed E-state index contributed by atoms with van der Waals surface area (Å²) in [5.41, 5.74) is 5.71. The van der Waals surface area contributed by atoms with Gasteiger partial charge in [0, 0.05) is 4.88 Å². The molecule has 0 bridgehead atoms. The van der Waals surface area contributed by atoms with Crippen molar-refractivity contribution in [2.45, 2.75) is 6.92 Å². The van der Waals surface area contributed by atoms with Crippen molar-refractivity contribution in [1.82, 2.24) is 0 Å². The molecule has 0 spiro atoms. The van der Waals surface area contributed by atoms with Crippen LogP contribution in [-0.4, -0.2) is 6.03 Å². The van der Waals surface area contributed by atoms with E-state index in [0.29, 0.717) is 0 Å². The van der Waals surface area contributed by atoms with Crippen LogP contribution in [0, 0.1) is 6.92 Å². The van der Waals surface area contributed by atoms with Gasteiger partial charge in [-0.2, -0.15) is 0 Å². The first-order valence-corrected chi connectivity index (χ1v) is 3.68. The summed E-state index contributed by atoms with van der Waals surface area (Å²) in [6.07, 6.45) is 0. The average molecular weight is 156 g/mol. The molecule has 0 saturated heterocycles. The highest BCUT2D eigenvalue weighted by molar-refractivity contribution is 7.10. The van der Waals surface area contributed by atoms with Gasteiger partial charge in [0.25, 0.3) is 0 Å². The minimum atomic E-state index is -0.512. The van der Waals surface area contributed by atoms with E-state index in [1.165, 1.54) is 0 Å². The van der Waals surface area contributed by atoms with E-state index in [1.54, 1.807) is 11.3 Å². The third kappa shape index (κ3) is 1.48. The Balaban J connectivity index is 2.74. The number of hydrogen-bond acceptors (Lipinski definition) is 2. The van der Waals surface area contributed by atoms with E-state index in [2.05, 4.69) is 5.32 Å². The van der Waals surface area contributed by atoms with Gasteiger partial charge in [0.05, 0.1) is 5.69 Å². The van der Waals surface area contributed by atoms with Crippen molar-refractivity contribution in [3.63, 3.8) is 0 Å². The van der Waals surface area contributed by atoms with Gasteiger partial charge in [0.15, 0.2) is 0 Å². The molecular weight excluding hydrogens is 148 g/mol. The van der Waals surface area contributed by atoms with Crippen LogP contribution in [0.15, 0.2) is 11.4 Å². The molecular formula is C6H8N2OS. The molecule has 0 aliphatic rings. The van der Waals surface area contributed by atoms with Crippen LogP contribution in [0.4, 0.5) is 10.5 Å². The molecule has 3 nitrogen and oxygen atoms in total. The van der Waals surface area contributed by atoms with Crippen molar-refractivity contribution in [2.75, 3.05) is 5.32 Å². The summed E-state index contributed by atoms with van der Waals surface area (Å²) in [4.78, 5) is 11.4. The summed E-state index contributed by atoms with van der Waals surface area (Å²) in [6.45, 7) is 1.93. The van der Waals surface area contributed by atoms with Crippen LogP contribution in [-0.2, 0) is 0 Å². The molecule has 0 radical (unpaired) electrons. The lowest BCUT2D eigenvalue weighted by Gasteiger charge is -1.97. The zero-order valence-corrected chi connectivity index (χ0v) is 6.37. The standard InChI is InChI=1S/C6H8N2OS/c1-4-5(2-3-10-4)8-6(7)9/h2-3H,1H3,(H3,7,8,9). The van der Waals surface area contributed by atoms with E-state index in [1.807, 2.05) is 18.4 Å². The zero-order valence-electron chi connectivity index (χ0n) is 5.55. The number of aryl methyl sites for hydroxylation is 1. The summed E-state index contributed by atoms with van der Waals surface area (Å²) in [6, 6.07) is 1.31. The molecule has 54 valence electrons. The Labute approximate surface area is 62.9 Å². The first kappa shape index (κ1) is 7.08. The quantitative estimate of drug-likeness (QED) is 0.636. The van der Waals surface area contributed by atoms with Gasteiger partial charge in [-0.05, 0) is 18.4 Å². The molecule has 0 aromatic carbocycles. The summed E-state index contributed by atoms with van der Waals surface area (Å²) in [7, 11) is 0. The van der Waals surface area contributed by atoms with Gasteiger partial charge < -0.3 is 11.1 Å². The minimum absolute atomic E-state index is 0.512. The molecule has 0 saturated carbocycles. The van der Waals surface area contributed by atoms with Crippen LogP contribution in [0.25, 0.3) is 0 Å². The van der Waals surface area contributed by atoms with Crippen LogP contribution in [0.1, 0.15) is 4.88 Å². The maximum atomic E-state index is 10.3. The number of amides is 2. The van der Waals surface area contributed by atoms with Gasteiger partial charge in [-0.15, -0.1) is 11.3 Å². The Morgan fingerprint density at radius 3 is 2.90 bits per heavy atom. The summed E-state index contributed by atoms with van der Waals surface area (Å²) < 4.78 is 0. The maximum Gasteiger partial charge on any atom is 0.316 e. The molecule has 1 rings (SSSR count). The lowest BCUT2D eigenvalue weighted by atomic mass is 10.4. The number of rotatable bonds is 1. The molecule has 0 aliphatic heterocycles. The Morgan fingerprint density at radius 2 is 2.50 bits per heavy atom. The number of thiophene rings is 1. The van der Waals surface area contributed by atoms with Gasteiger partial charge in [0.2, 0.25) is 0 Å². The fourth-order valence-corrected chi connectivity index (χ4v) is 1.30. The molecule has 4 heteroatoms. The highest BCUT2D eigenvalue weighted by Crippen LogP contribution is 2.19. The van der Waals surface area contributed by atoms with Gasteiger partial charge in [-0.1, -0.05) is 0 Å². The minimum Gasteiger partial charge on any atom is -0.351 e. The molecule has 3 N–H and O–H groups in total. The number of carbonyl (C=O) groups excluding carboxylic acids is 1. The molecule has 10 heavy (non-hydrogen) atoms. The zero-order chi connectivity index (χ0) is 7.56. The number of carbonyl (C=O) groups is 1. The average Bonchev–Trinajstić information content (AvgIpc) is 2.15. The molecule has 0 aliphatic carbocycles. The van der Waals surface area contributed by atoms with Crippen molar-refractivity contribution < 1.29 is 4.79 Å². The van der Waals surface area contributed by atoms with E-state index in [0.717, 1.165) is 10.6 Å². The second-order valence-corrected chi connectivity index (χ2v) is 3.00. The van der Waals surface area contributed by atoms with E-state index in [-0.39, 0.29) is 0 Å². The van der Waals surface area contributed by atoms with Crippen molar-refractivity contribution in [1.29, 1.82) is 0 Å². The van der Waals surface area contributed by atoms with E-state index in [9.17, 15) is 4.79 Å². The Bertz CT molecular complexity index is 244. The smallest absolute Gasteiger partial charge is 0.316 e. The second-order valence-electron chi connectivity index (χ2n) is 1.88. The number of nitrogens with one attached hydrogen (secondary N) is 1. The van der Waals surface area contributed by atoms with Gasteiger partial charge in [-0.25, -0.2) is 4.79 Å². The predicted octanol–water partition coefficient (Wildman–Crippen LogP) is 1.55. The van der Waals surface area contributed by atoms with Gasteiger partial charge in [0.1, 0.15) is 0 Å². The number of nitrogens with two attached hydrogens (primary N) is 1. The normalized spacial score (nSPS) is 9.30. The Hall–Kier alpha value is -1.03. The molecule has 0 fully saturated rings. The van der Waals surface area contributed by atoms with Gasteiger partial charge >= 0.3 is 6.03 Å². The van der Waals surface area contributed by atoms with Crippen LogP contribution in [0.2, 0.25) is 0 Å². The maximum absolute atomic E-state index is 10.3. The number of anilines is 1. The van der Waals surface area contributed by atoms with E-state index in [4.69, 9.17) is 5.73 Å². The highest BCUT2D eigenvalue weighted by Gasteiger charge is 1.99. The topological polar surface area (TPSA) is 55.1 Å². The molecule has 1 heterocycles. The SMILES string of the molecule is Cc1sccc1NC(N)=O. The number of primary amides is 1. The number of hydrogen-bond donors (Lipinski definition) is 2. The largest absolute Gasteiger partial charge is 0.351 e. The van der Waals surface area contributed by atoms with Crippen LogP contribution in [0.3, 0.4) is 0 Å². The lowest BCUT2D eigenvalue weighted by Crippen LogP contribution is -2.19. The lowest BCUT2D eigenvalue weighted by molar-refractivity contribution is 0.259.